The topological polar surface area (TPSA) is 96.2 Å². The van der Waals surface area contributed by atoms with Crippen LogP contribution >= 0.6 is 11.8 Å². The molecule has 1 aromatic heterocycles. The molecule has 0 fully saturated rings. The van der Waals surface area contributed by atoms with E-state index in [0.717, 1.165) is 11.8 Å². The van der Waals surface area contributed by atoms with E-state index in [-0.39, 0.29) is 36.5 Å². The van der Waals surface area contributed by atoms with Crippen LogP contribution in [-0.2, 0) is 22.7 Å². The molecule has 0 aliphatic heterocycles. The van der Waals surface area contributed by atoms with E-state index in [9.17, 15) is 19.1 Å². The Labute approximate surface area is 154 Å². The van der Waals surface area contributed by atoms with Crippen molar-refractivity contribution < 1.29 is 19.1 Å². The van der Waals surface area contributed by atoms with Gasteiger partial charge in [0.2, 0.25) is 11.8 Å². The Balaban J connectivity index is 1.96. The van der Waals surface area contributed by atoms with E-state index in [2.05, 4.69) is 22.2 Å². The molecule has 0 aliphatic rings. The van der Waals surface area contributed by atoms with Gasteiger partial charge in [-0.2, -0.15) is 0 Å². The normalized spacial score (nSPS) is 10.4. The highest BCUT2D eigenvalue weighted by Gasteiger charge is 2.14. The quantitative estimate of drug-likeness (QED) is 0.454. The molecule has 138 valence electrons. The first-order valence-electron chi connectivity index (χ1n) is 7.74. The zero-order chi connectivity index (χ0) is 18.9. The lowest BCUT2D eigenvalue weighted by Gasteiger charge is -2.10. The lowest BCUT2D eigenvalue weighted by molar-refractivity contribution is -0.121. The number of aliphatic hydroxyl groups is 1. The fourth-order valence-corrected chi connectivity index (χ4v) is 2.85. The van der Waals surface area contributed by atoms with Crippen molar-refractivity contribution in [2.45, 2.75) is 18.3 Å². The van der Waals surface area contributed by atoms with Crippen molar-refractivity contribution in [3.05, 3.63) is 54.6 Å². The monoisotopic (exact) mass is 378 g/mol. The average Bonchev–Trinajstić information content (AvgIpc) is 3.01. The standard InChI is InChI=1S/C17H19FN4O3S/c1-2-7-19-15(24)9-22-14(10-23)8-20-17(22)26-11-16(25)21-13-5-3-12(18)4-6-13/h2-6,8,23H,1,7,9-11H2,(H,19,24)(H,21,25). The van der Waals surface area contributed by atoms with Crippen LogP contribution < -0.4 is 10.6 Å². The van der Waals surface area contributed by atoms with Gasteiger partial charge in [0.1, 0.15) is 12.4 Å². The Morgan fingerprint density at radius 3 is 2.69 bits per heavy atom. The highest BCUT2D eigenvalue weighted by molar-refractivity contribution is 7.99. The summed E-state index contributed by atoms with van der Waals surface area (Å²) in [5, 5.41) is 15.1. The minimum atomic E-state index is -0.384. The zero-order valence-electron chi connectivity index (χ0n) is 13.9. The number of halogens is 1. The average molecular weight is 378 g/mol. The molecule has 0 aliphatic carbocycles. The number of rotatable bonds is 9. The first-order chi connectivity index (χ1) is 12.5. The lowest BCUT2D eigenvalue weighted by atomic mass is 10.3. The number of anilines is 1. The number of carbonyl (C=O) groups excluding carboxylic acids is 2. The van der Waals surface area contributed by atoms with Crippen molar-refractivity contribution in [2.24, 2.45) is 0 Å². The fraction of sp³-hybridized carbons (Fsp3) is 0.235. The summed E-state index contributed by atoms with van der Waals surface area (Å²) < 4.78 is 14.4. The molecule has 9 heteroatoms. The smallest absolute Gasteiger partial charge is 0.240 e. The lowest BCUT2D eigenvalue weighted by Crippen LogP contribution is -2.28. The number of carbonyl (C=O) groups is 2. The molecule has 0 saturated heterocycles. The molecule has 26 heavy (non-hydrogen) atoms. The van der Waals surface area contributed by atoms with Crippen LogP contribution in [0.15, 0.2) is 48.3 Å². The van der Waals surface area contributed by atoms with E-state index in [1.54, 1.807) is 10.6 Å². The third-order valence-electron chi connectivity index (χ3n) is 3.27. The Morgan fingerprint density at radius 1 is 1.31 bits per heavy atom. The van der Waals surface area contributed by atoms with Gasteiger partial charge < -0.3 is 20.3 Å². The van der Waals surface area contributed by atoms with Gasteiger partial charge in [-0.05, 0) is 24.3 Å². The molecule has 2 rings (SSSR count). The third kappa shape index (κ3) is 5.71. The van der Waals surface area contributed by atoms with Crippen molar-refractivity contribution in [3.8, 4) is 0 Å². The van der Waals surface area contributed by atoms with Crippen molar-refractivity contribution in [1.29, 1.82) is 0 Å². The van der Waals surface area contributed by atoms with Crippen LogP contribution in [0.25, 0.3) is 0 Å². The number of hydrogen-bond donors (Lipinski definition) is 3. The maximum atomic E-state index is 12.9. The Hall–Kier alpha value is -2.65. The highest BCUT2D eigenvalue weighted by Crippen LogP contribution is 2.19. The fourth-order valence-electron chi connectivity index (χ4n) is 2.05. The molecule has 0 bridgehead atoms. The van der Waals surface area contributed by atoms with E-state index in [0.29, 0.717) is 23.1 Å². The minimum Gasteiger partial charge on any atom is -0.390 e. The predicted molar refractivity (Wildman–Crippen MR) is 97.1 cm³/mol. The first-order valence-corrected chi connectivity index (χ1v) is 8.73. The second-order valence-corrected chi connectivity index (χ2v) is 6.16. The van der Waals surface area contributed by atoms with E-state index >= 15 is 0 Å². The molecule has 0 saturated carbocycles. The van der Waals surface area contributed by atoms with Gasteiger partial charge in [0.05, 0.1) is 24.3 Å². The van der Waals surface area contributed by atoms with Crippen LogP contribution in [0.4, 0.5) is 10.1 Å². The van der Waals surface area contributed by atoms with Crippen LogP contribution in [0.3, 0.4) is 0 Å². The van der Waals surface area contributed by atoms with Crippen molar-refractivity contribution in [2.75, 3.05) is 17.6 Å². The molecule has 1 aromatic carbocycles. The number of aliphatic hydroxyl groups excluding tert-OH is 1. The van der Waals surface area contributed by atoms with Gasteiger partial charge in [0, 0.05) is 12.2 Å². The van der Waals surface area contributed by atoms with Crippen LogP contribution in [0, 0.1) is 5.82 Å². The molecule has 0 atom stereocenters. The van der Waals surface area contributed by atoms with Gasteiger partial charge >= 0.3 is 0 Å². The molecule has 0 radical (unpaired) electrons. The first kappa shape index (κ1) is 19.7. The van der Waals surface area contributed by atoms with Gasteiger partial charge in [-0.15, -0.1) is 6.58 Å². The molecule has 2 amide bonds. The second-order valence-electron chi connectivity index (χ2n) is 5.21. The van der Waals surface area contributed by atoms with Crippen molar-refractivity contribution in [1.82, 2.24) is 14.9 Å². The number of aromatic nitrogens is 2. The van der Waals surface area contributed by atoms with Crippen molar-refractivity contribution >= 4 is 29.3 Å². The number of hydrogen-bond acceptors (Lipinski definition) is 5. The number of nitrogens with one attached hydrogen (secondary N) is 2. The van der Waals surface area contributed by atoms with Crippen LogP contribution in [-0.4, -0.2) is 38.8 Å². The molecule has 1 heterocycles. The molecular weight excluding hydrogens is 359 g/mol. The second kappa shape index (κ2) is 9.73. The number of thioether (sulfide) groups is 1. The predicted octanol–water partition coefficient (Wildman–Crippen LogP) is 1.55. The van der Waals surface area contributed by atoms with E-state index in [1.807, 2.05) is 0 Å². The van der Waals surface area contributed by atoms with Crippen molar-refractivity contribution in [3.63, 3.8) is 0 Å². The Kier molecular flexibility index (Phi) is 7.37. The summed E-state index contributed by atoms with van der Waals surface area (Å²) in [6, 6.07) is 5.44. The number of imidazole rings is 1. The van der Waals surface area contributed by atoms with Gasteiger partial charge in [-0.25, -0.2) is 9.37 Å². The maximum Gasteiger partial charge on any atom is 0.240 e. The maximum absolute atomic E-state index is 12.9. The SMILES string of the molecule is C=CCNC(=O)Cn1c(CO)cnc1SCC(=O)Nc1ccc(F)cc1. The summed E-state index contributed by atoms with van der Waals surface area (Å²) in [7, 11) is 0. The summed E-state index contributed by atoms with van der Waals surface area (Å²) in [6.07, 6.45) is 3.02. The summed E-state index contributed by atoms with van der Waals surface area (Å²) in [4.78, 5) is 28.1. The van der Waals surface area contributed by atoms with E-state index in [4.69, 9.17) is 0 Å². The summed E-state index contributed by atoms with van der Waals surface area (Å²) in [5.41, 5.74) is 0.959. The van der Waals surface area contributed by atoms with Gasteiger partial charge in [-0.3, -0.25) is 9.59 Å². The van der Waals surface area contributed by atoms with E-state index in [1.165, 1.54) is 30.5 Å². The Bertz CT molecular complexity index is 777. The van der Waals surface area contributed by atoms with Gasteiger partial charge in [0.15, 0.2) is 5.16 Å². The summed E-state index contributed by atoms with van der Waals surface area (Å²) in [6.45, 7) is 3.57. The molecule has 7 nitrogen and oxygen atoms in total. The molecule has 2 aromatic rings. The number of benzene rings is 1. The molecule has 0 spiro atoms. The van der Waals surface area contributed by atoms with Gasteiger partial charge in [-0.1, -0.05) is 17.8 Å². The summed E-state index contributed by atoms with van der Waals surface area (Å²) in [5.74, 6) is -0.883. The zero-order valence-corrected chi connectivity index (χ0v) is 14.8. The largest absolute Gasteiger partial charge is 0.390 e. The van der Waals surface area contributed by atoms with Gasteiger partial charge in [0.25, 0.3) is 0 Å². The summed E-state index contributed by atoms with van der Waals surface area (Å²) >= 11 is 1.13. The van der Waals surface area contributed by atoms with Crippen LogP contribution in [0.1, 0.15) is 5.69 Å². The number of amides is 2. The highest BCUT2D eigenvalue weighted by atomic mass is 32.2. The van der Waals surface area contributed by atoms with Crippen LogP contribution in [0.5, 0.6) is 0 Å². The van der Waals surface area contributed by atoms with E-state index < -0.39 is 0 Å². The number of nitrogens with zero attached hydrogens (tertiary/aromatic N) is 2. The van der Waals surface area contributed by atoms with Crippen LogP contribution in [0.2, 0.25) is 0 Å². The molecule has 0 unspecified atom stereocenters. The molecular formula is C17H19FN4O3S. The Morgan fingerprint density at radius 2 is 2.04 bits per heavy atom. The molecule has 3 N–H and O–H groups in total. The minimum absolute atomic E-state index is 0.0222. The third-order valence-corrected chi connectivity index (χ3v) is 4.26.